The lowest BCUT2D eigenvalue weighted by molar-refractivity contribution is -0.136. The molecule has 0 saturated heterocycles. The van der Waals surface area contributed by atoms with Crippen LogP contribution in [0.4, 0.5) is 0 Å². The number of hydrogen-bond acceptors (Lipinski definition) is 3. The van der Waals surface area contributed by atoms with E-state index in [4.69, 9.17) is 14.6 Å². The number of carbonyl (C=O) groups is 1. The van der Waals surface area contributed by atoms with Crippen LogP contribution in [-0.2, 0) is 11.2 Å². The SMILES string of the molecule is COc1ccc(Oc2c(I)cc(CC(=O)O)cc2I)cc1I. The Morgan fingerprint density at radius 2 is 1.73 bits per heavy atom. The summed E-state index contributed by atoms with van der Waals surface area (Å²) in [5.41, 5.74) is 0.762. The van der Waals surface area contributed by atoms with Crippen molar-refractivity contribution in [3.63, 3.8) is 0 Å². The predicted octanol–water partition coefficient (Wildman–Crippen LogP) is 4.93. The highest BCUT2D eigenvalue weighted by atomic mass is 127. The molecule has 7 heteroatoms. The highest BCUT2D eigenvalue weighted by Crippen LogP contribution is 2.35. The maximum absolute atomic E-state index is 10.8. The van der Waals surface area contributed by atoms with Crippen molar-refractivity contribution < 1.29 is 19.4 Å². The van der Waals surface area contributed by atoms with Gasteiger partial charge in [0.1, 0.15) is 11.5 Å². The largest absolute Gasteiger partial charge is 0.496 e. The van der Waals surface area contributed by atoms with Crippen molar-refractivity contribution in [1.82, 2.24) is 0 Å². The van der Waals surface area contributed by atoms with Crippen LogP contribution in [0.3, 0.4) is 0 Å². The van der Waals surface area contributed by atoms with Gasteiger partial charge in [0.2, 0.25) is 0 Å². The number of rotatable bonds is 5. The molecule has 0 spiro atoms. The molecule has 4 nitrogen and oxygen atoms in total. The van der Waals surface area contributed by atoms with Crippen LogP contribution in [0.25, 0.3) is 0 Å². The fourth-order valence-electron chi connectivity index (χ4n) is 1.82. The first kappa shape index (κ1) is 18.0. The lowest BCUT2D eigenvalue weighted by Crippen LogP contribution is -2.02. The van der Waals surface area contributed by atoms with Crippen LogP contribution in [0.1, 0.15) is 5.56 Å². The fourth-order valence-corrected chi connectivity index (χ4v) is 4.64. The first-order valence-electron chi connectivity index (χ1n) is 6.12. The monoisotopic (exact) mass is 636 g/mol. The van der Waals surface area contributed by atoms with Crippen molar-refractivity contribution in [2.75, 3.05) is 7.11 Å². The molecule has 0 unspecified atom stereocenters. The Bertz CT molecular complexity index is 693. The van der Waals surface area contributed by atoms with E-state index in [1.807, 2.05) is 30.3 Å². The zero-order chi connectivity index (χ0) is 16.3. The van der Waals surface area contributed by atoms with Crippen LogP contribution >= 0.6 is 67.8 Å². The molecule has 0 fully saturated rings. The number of aliphatic carboxylic acids is 1. The van der Waals surface area contributed by atoms with Gasteiger partial charge in [-0.2, -0.15) is 0 Å². The Labute approximate surface area is 169 Å². The first-order valence-corrected chi connectivity index (χ1v) is 9.35. The molecular weight excluding hydrogens is 625 g/mol. The summed E-state index contributed by atoms with van der Waals surface area (Å²) in [4.78, 5) is 10.8. The lowest BCUT2D eigenvalue weighted by atomic mass is 10.1. The van der Waals surface area contributed by atoms with Crippen molar-refractivity contribution >= 4 is 73.7 Å². The quantitative estimate of drug-likeness (QED) is 0.474. The molecule has 0 bridgehead atoms. The molecule has 116 valence electrons. The average molecular weight is 636 g/mol. The second kappa shape index (κ2) is 7.99. The Balaban J connectivity index is 2.29. The van der Waals surface area contributed by atoms with Gasteiger partial charge in [0.15, 0.2) is 5.75 Å². The Hall–Kier alpha value is -0.300. The van der Waals surface area contributed by atoms with Gasteiger partial charge in [0.05, 0.1) is 24.2 Å². The number of carboxylic acids is 1. The third-order valence-corrected chi connectivity index (χ3v) is 5.20. The molecule has 0 aliphatic heterocycles. The predicted molar refractivity (Wildman–Crippen MR) is 109 cm³/mol. The number of halogens is 3. The summed E-state index contributed by atoms with van der Waals surface area (Å²) in [6.07, 6.45) is 0.00666. The van der Waals surface area contributed by atoms with Crippen molar-refractivity contribution in [2.45, 2.75) is 6.42 Å². The number of benzene rings is 2. The minimum Gasteiger partial charge on any atom is -0.496 e. The summed E-state index contributed by atoms with van der Waals surface area (Å²) < 4.78 is 13.9. The summed E-state index contributed by atoms with van der Waals surface area (Å²) in [7, 11) is 1.63. The van der Waals surface area contributed by atoms with Gasteiger partial charge in [-0.25, -0.2) is 0 Å². The Morgan fingerprint density at radius 1 is 1.09 bits per heavy atom. The van der Waals surface area contributed by atoms with Crippen LogP contribution in [0.2, 0.25) is 0 Å². The average Bonchev–Trinajstić information content (AvgIpc) is 2.42. The van der Waals surface area contributed by atoms with Crippen LogP contribution in [0, 0.1) is 10.7 Å². The van der Waals surface area contributed by atoms with E-state index in [0.29, 0.717) is 5.75 Å². The van der Waals surface area contributed by atoms with E-state index < -0.39 is 5.97 Å². The number of carboxylic acid groups (broad SMARTS) is 1. The summed E-state index contributed by atoms with van der Waals surface area (Å²) >= 11 is 6.51. The summed E-state index contributed by atoms with van der Waals surface area (Å²) in [5, 5.41) is 8.88. The standard InChI is InChI=1S/C15H11I3O4/c1-21-13-3-2-9(7-10(13)16)22-15-11(17)4-8(5-12(15)18)6-14(19)20/h2-5,7H,6H2,1H3,(H,19,20). The van der Waals surface area contributed by atoms with Crippen molar-refractivity contribution in [2.24, 2.45) is 0 Å². The van der Waals surface area contributed by atoms with E-state index in [0.717, 1.165) is 27.8 Å². The highest BCUT2D eigenvalue weighted by molar-refractivity contribution is 14.1. The molecule has 0 amide bonds. The van der Waals surface area contributed by atoms with E-state index in [1.54, 1.807) is 7.11 Å². The van der Waals surface area contributed by atoms with Gasteiger partial charge in [0, 0.05) is 0 Å². The van der Waals surface area contributed by atoms with Crippen molar-refractivity contribution in [3.8, 4) is 17.2 Å². The molecule has 1 N–H and O–H groups in total. The molecule has 0 aliphatic rings. The lowest BCUT2D eigenvalue weighted by Gasteiger charge is -2.13. The molecule has 0 saturated carbocycles. The molecule has 2 rings (SSSR count). The third-order valence-electron chi connectivity index (χ3n) is 2.76. The molecule has 0 radical (unpaired) electrons. The normalized spacial score (nSPS) is 10.4. The zero-order valence-electron chi connectivity index (χ0n) is 11.4. The van der Waals surface area contributed by atoms with Crippen molar-refractivity contribution in [1.29, 1.82) is 0 Å². The second-order valence-corrected chi connectivity index (χ2v) is 7.84. The van der Waals surface area contributed by atoms with Gasteiger partial charge in [0.25, 0.3) is 0 Å². The van der Waals surface area contributed by atoms with Crippen molar-refractivity contribution in [3.05, 3.63) is 46.6 Å². The summed E-state index contributed by atoms with van der Waals surface area (Å²) in [6.45, 7) is 0. The molecule has 0 heterocycles. The number of methoxy groups -OCH3 is 1. The van der Waals surface area contributed by atoms with Gasteiger partial charge in [-0.05, 0) is 104 Å². The van der Waals surface area contributed by atoms with E-state index >= 15 is 0 Å². The van der Waals surface area contributed by atoms with Gasteiger partial charge < -0.3 is 14.6 Å². The molecule has 0 aliphatic carbocycles. The summed E-state index contributed by atoms with van der Waals surface area (Å²) in [6, 6.07) is 9.27. The first-order chi connectivity index (χ1) is 10.4. The molecule has 2 aromatic rings. The maximum atomic E-state index is 10.8. The van der Waals surface area contributed by atoms with Gasteiger partial charge in [-0.1, -0.05) is 0 Å². The van der Waals surface area contributed by atoms with Gasteiger partial charge in [-0.3, -0.25) is 4.79 Å². The zero-order valence-corrected chi connectivity index (χ0v) is 17.9. The van der Waals surface area contributed by atoms with E-state index in [-0.39, 0.29) is 6.42 Å². The molecule has 2 aromatic carbocycles. The fraction of sp³-hybridized carbons (Fsp3) is 0.133. The molecular formula is C15H11I3O4. The maximum Gasteiger partial charge on any atom is 0.307 e. The van der Waals surface area contributed by atoms with Crippen LogP contribution in [0.15, 0.2) is 30.3 Å². The van der Waals surface area contributed by atoms with Crippen LogP contribution < -0.4 is 9.47 Å². The van der Waals surface area contributed by atoms with Gasteiger partial charge in [-0.15, -0.1) is 0 Å². The minimum atomic E-state index is -0.843. The molecule has 0 aromatic heterocycles. The number of hydrogen-bond donors (Lipinski definition) is 1. The smallest absolute Gasteiger partial charge is 0.307 e. The van der Waals surface area contributed by atoms with E-state index in [2.05, 4.69) is 67.8 Å². The van der Waals surface area contributed by atoms with Gasteiger partial charge >= 0.3 is 5.97 Å². The summed E-state index contributed by atoms with van der Waals surface area (Å²) in [5.74, 6) is 1.41. The van der Waals surface area contributed by atoms with Crippen LogP contribution in [0.5, 0.6) is 17.2 Å². The highest BCUT2D eigenvalue weighted by Gasteiger charge is 2.12. The number of ether oxygens (including phenoxy) is 2. The van der Waals surface area contributed by atoms with E-state index in [1.165, 1.54) is 0 Å². The molecule has 0 atom stereocenters. The Morgan fingerprint density at radius 3 is 2.23 bits per heavy atom. The van der Waals surface area contributed by atoms with Crippen LogP contribution in [-0.4, -0.2) is 18.2 Å². The third kappa shape index (κ3) is 4.60. The van der Waals surface area contributed by atoms with E-state index in [9.17, 15) is 4.79 Å². The second-order valence-electron chi connectivity index (χ2n) is 4.36. The topological polar surface area (TPSA) is 55.8 Å². The Kier molecular flexibility index (Phi) is 6.56. The molecule has 22 heavy (non-hydrogen) atoms. The minimum absolute atomic E-state index is 0.00666.